The molecule has 1 atom stereocenters. The zero-order valence-corrected chi connectivity index (χ0v) is 20.1. The topological polar surface area (TPSA) is 73.0 Å². The van der Waals surface area contributed by atoms with Crippen molar-refractivity contribution in [2.75, 3.05) is 44.6 Å². The van der Waals surface area contributed by atoms with Crippen LogP contribution in [0.15, 0.2) is 54.6 Å². The van der Waals surface area contributed by atoms with Gasteiger partial charge >= 0.3 is 0 Å². The van der Waals surface area contributed by atoms with Gasteiger partial charge in [-0.15, -0.1) is 0 Å². The highest BCUT2D eigenvalue weighted by Crippen LogP contribution is 2.26. The first-order valence-electron chi connectivity index (χ1n) is 11.9. The first kappa shape index (κ1) is 23.9. The highest BCUT2D eigenvalue weighted by Gasteiger charge is 2.36. The number of nitrogens with zero attached hydrogens (tertiary/aromatic N) is 3. The Morgan fingerprint density at radius 3 is 1.97 bits per heavy atom. The minimum atomic E-state index is -3.46. The van der Waals surface area contributed by atoms with E-state index in [2.05, 4.69) is 10.2 Å². The Morgan fingerprint density at radius 1 is 0.788 bits per heavy atom. The molecular formula is C25H34N4O3S. The summed E-state index contributed by atoms with van der Waals surface area (Å²) in [6, 6.07) is 17.0. The van der Waals surface area contributed by atoms with Gasteiger partial charge in [0.05, 0.1) is 0 Å². The molecule has 0 bridgehead atoms. The van der Waals surface area contributed by atoms with E-state index in [0.717, 1.165) is 42.5 Å². The molecule has 0 aliphatic carbocycles. The van der Waals surface area contributed by atoms with E-state index in [1.165, 1.54) is 0 Å². The van der Waals surface area contributed by atoms with Gasteiger partial charge in [-0.3, -0.25) is 9.69 Å². The molecule has 0 spiro atoms. The van der Waals surface area contributed by atoms with Gasteiger partial charge in [0.15, 0.2) is 0 Å². The summed E-state index contributed by atoms with van der Waals surface area (Å²) in [6.45, 7) is 5.02. The molecule has 1 amide bonds. The molecule has 8 heteroatoms. The normalized spacial score (nSPS) is 20.2. The van der Waals surface area contributed by atoms with E-state index >= 15 is 0 Å². The van der Waals surface area contributed by atoms with Crippen LogP contribution in [0.5, 0.6) is 0 Å². The van der Waals surface area contributed by atoms with E-state index in [4.69, 9.17) is 0 Å². The first-order chi connectivity index (χ1) is 15.9. The number of nitrogens with one attached hydrogen (secondary N) is 1. The van der Waals surface area contributed by atoms with Gasteiger partial charge in [-0.2, -0.15) is 17.0 Å². The van der Waals surface area contributed by atoms with Gasteiger partial charge in [0.25, 0.3) is 10.2 Å². The summed E-state index contributed by atoms with van der Waals surface area (Å²) in [5, 5.41) is 3.04. The zero-order chi connectivity index (χ0) is 23.3. The third-order valence-electron chi connectivity index (χ3n) is 6.54. The summed E-state index contributed by atoms with van der Waals surface area (Å²) in [4.78, 5) is 15.5. The maximum absolute atomic E-state index is 13.4. The lowest BCUT2D eigenvalue weighted by Gasteiger charge is -2.39. The van der Waals surface area contributed by atoms with Crippen LogP contribution in [0.3, 0.4) is 0 Å². The molecule has 2 saturated heterocycles. The van der Waals surface area contributed by atoms with Crippen molar-refractivity contribution in [2.24, 2.45) is 0 Å². The van der Waals surface area contributed by atoms with Crippen molar-refractivity contribution in [3.05, 3.63) is 65.7 Å². The number of aryl methyl sites for hydroxylation is 1. The molecule has 7 nitrogen and oxygen atoms in total. The molecule has 1 N–H and O–H groups in total. The van der Waals surface area contributed by atoms with Crippen LogP contribution < -0.4 is 5.32 Å². The van der Waals surface area contributed by atoms with E-state index in [1.807, 2.05) is 61.5 Å². The standard InChI is InChI=1S/C25H34N4O3S/c1-21-11-13-23(14-12-21)26-25(30)24(22-9-5-4-6-10-22)27-17-19-29(20-18-27)33(31,32)28-15-7-2-3-8-16-28/h4-6,9-14,24H,2-3,7-8,15-20H2,1H3,(H,26,30). The molecule has 2 aliphatic heterocycles. The monoisotopic (exact) mass is 470 g/mol. The van der Waals surface area contributed by atoms with Gasteiger partial charge in [0, 0.05) is 45.0 Å². The number of carbonyl (C=O) groups is 1. The van der Waals surface area contributed by atoms with E-state index in [9.17, 15) is 13.2 Å². The molecule has 2 aromatic carbocycles. The van der Waals surface area contributed by atoms with Crippen molar-refractivity contribution in [3.63, 3.8) is 0 Å². The second kappa shape index (κ2) is 10.8. The quantitative estimate of drug-likeness (QED) is 0.702. The Kier molecular flexibility index (Phi) is 7.80. The van der Waals surface area contributed by atoms with E-state index in [1.54, 1.807) is 8.61 Å². The second-order valence-electron chi connectivity index (χ2n) is 8.92. The van der Waals surface area contributed by atoms with Crippen molar-refractivity contribution in [3.8, 4) is 0 Å². The van der Waals surface area contributed by atoms with Gasteiger partial charge in [0.2, 0.25) is 5.91 Å². The molecule has 2 heterocycles. The molecule has 178 valence electrons. The molecule has 2 fully saturated rings. The average Bonchev–Trinajstić information content (AvgIpc) is 3.12. The molecule has 2 aromatic rings. The molecular weight excluding hydrogens is 436 g/mol. The van der Waals surface area contributed by atoms with Crippen molar-refractivity contribution in [1.82, 2.24) is 13.5 Å². The van der Waals surface area contributed by atoms with Crippen molar-refractivity contribution < 1.29 is 13.2 Å². The molecule has 1 unspecified atom stereocenters. The molecule has 0 aromatic heterocycles. The lowest BCUT2D eigenvalue weighted by atomic mass is 10.0. The number of amides is 1. The largest absolute Gasteiger partial charge is 0.324 e. The van der Waals surface area contributed by atoms with E-state index in [-0.39, 0.29) is 5.91 Å². The third kappa shape index (κ3) is 5.81. The minimum absolute atomic E-state index is 0.103. The van der Waals surface area contributed by atoms with Gasteiger partial charge in [-0.25, -0.2) is 0 Å². The van der Waals surface area contributed by atoms with Crippen LogP contribution in [0.2, 0.25) is 0 Å². The van der Waals surface area contributed by atoms with Gasteiger partial charge in [-0.1, -0.05) is 60.9 Å². The predicted octanol–water partition coefficient (Wildman–Crippen LogP) is 3.41. The molecule has 0 saturated carbocycles. The number of hydrogen-bond donors (Lipinski definition) is 1. The van der Waals surface area contributed by atoms with Crippen LogP contribution in [0.25, 0.3) is 0 Å². The van der Waals surface area contributed by atoms with Crippen LogP contribution in [-0.2, 0) is 15.0 Å². The molecule has 4 rings (SSSR count). The molecule has 2 aliphatic rings. The van der Waals surface area contributed by atoms with Crippen LogP contribution in [-0.4, -0.2) is 67.1 Å². The minimum Gasteiger partial charge on any atom is -0.324 e. The first-order valence-corrected chi connectivity index (χ1v) is 13.3. The van der Waals surface area contributed by atoms with Crippen LogP contribution in [0.1, 0.15) is 42.9 Å². The predicted molar refractivity (Wildman–Crippen MR) is 131 cm³/mol. The van der Waals surface area contributed by atoms with Gasteiger partial charge < -0.3 is 5.32 Å². The van der Waals surface area contributed by atoms with Crippen molar-refractivity contribution in [1.29, 1.82) is 0 Å². The maximum Gasteiger partial charge on any atom is 0.282 e. The number of benzene rings is 2. The number of piperazine rings is 1. The number of carbonyl (C=O) groups excluding carboxylic acids is 1. The number of hydrogen-bond acceptors (Lipinski definition) is 4. The van der Waals surface area contributed by atoms with Gasteiger partial charge in [-0.05, 0) is 37.5 Å². The summed E-state index contributed by atoms with van der Waals surface area (Å²) in [5.74, 6) is -0.103. The van der Waals surface area contributed by atoms with Crippen molar-refractivity contribution in [2.45, 2.75) is 38.6 Å². The van der Waals surface area contributed by atoms with Gasteiger partial charge in [0.1, 0.15) is 6.04 Å². The highest BCUT2D eigenvalue weighted by atomic mass is 32.2. The Hall–Kier alpha value is -2.26. The van der Waals surface area contributed by atoms with E-state index in [0.29, 0.717) is 39.3 Å². The summed E-state index contributed by atoms with van der Waals surface area (Å²) in [5.41, 5.74) is 2.80. The lowest BCUT2D eigenvalue weighted by Crippen LogP contribution is -2.54. The smallest absolute Gasteiger partial charge is 0.282 e. The summed E-state index contributed by atoms with van der Waals surface area (Å²) < 4.78 is 29.6. The molecule has 0 radical (unpaired) electrons. The Bertz CT molecular complexity index is 1010. The maximum atomic E-state index is 13.4. The third-order valence-corrected chi connectivity index (χ3v) is 8.57. The average molecular weight is 471 g/mol. The number of anilines is 1. The van der Waals surface area contributed by atoms with Crippen LogP contribution >= 0.6 is 0 Å². The van der Waals surface area contributed by atoms with Crippen LogP contribution in [0.4, 0.5) is 5.69 Å². The zero-order valence-electron chi connectivity index (χ0n) is 19.3. The van der Waals surface area contributed by atoms with Crippen molar-refractivity contribution >= 4 is 21.8 Å². The number of rotatable bonds is 6. The van der Waals surface area contributed by atoms with Crippen LogP contribution in [0, 0.1) is 6.92 Å². The molecule has 33 heavy (non-hydrogen) atoms. The Balaban J connectivity index is 1.47. The Morgan fingerprint density at radius 2 is 1.36 bits per heavy atom. The summed E-state index contributed by atoms with van der Waals surface area (Å²) in [6.07, 6.45) is 4.03. The summed E-state index contributed by atoms with van der Waals surface area (Å²) in [7, 11) is -3.46. The second-order valence-corrected chi connectivity index (χ2v) is 10.9. The Labute approximate surface area is 197 Å². The fourth-order valence-corrected chi connectivity index (χ4v) is 6.31. The fourth-order valence-electron chi connectivity index (χ4n) is 4.64. The SMILES string of the molecule is Cc1ccc(NC(=O)C(c2ccccc2)N2CCN(S(=O)(=O)N3CCCCCC3)CC2)cc1. The summed E-state index contributed by atoms with van der Waals surface area (Å²) >= 11 is 0. The van der Waals surface area contributed by atoms with E-state index < -0.39 is 16.3 Å². The highest BCUT2D eigenvalue weighted by molar-refractivity contribution is 7.86. The lowest BCUT2D eigenvalue weighted by molar-refractivity contribution is -0.122. The fraction of sp³-hybridized carbons (Fsp3) is 0.480.